The lowest BCUT2D eigenvalue weighted by atomic mass is 9.89. The monoisotopic (exact) mass is 1300 g/mol. The number of unbranched alkanes of at least 4 members (excludes halogenated alkanes) is 2. The Morgan fingerprint density at radius 2 is 1.41 bits per heavy atom. The van der Waals surface area contributed by atoms with Gasteiger partial charge in [0.25, 0.3) is 33.7 Å². The lowest BCUT2D eigenvalue weighted by Gasteiger charge is -2.41. The van der Waals surface area contributed by atoms with E-state index in [1.807, 2.05) is 90.9 Å². The number of anilines is 1. The molecular formula is C67H96N10O14S. The van der Waals surface area contributed by atoms with Crippen LogP contribution < -0.4 is 26.6 Å². The quantitative estimate of drug-likeness (QED) is 0.0168. The summed E-state index contributed by atoms with van der Waals surface area (Å²) in [7, 11) is 3.49. The van der Waals surface area contributed by atoms with Crippen molar-refractivity contribution in [3.63, 3.8) is 0 Å². The molecular weight excluding hydrogens is 1200 g/mol. The van der Waals surface area contributed by atoms with Crippen LogP contribution in [-0.4, -0.2) is 189 Å². The fraction of sp³-hybridized carbons (Fsp3) is 0.552. The minimum atomic E-state index is -4.94. The van der Waals surface area contributed by atoms with Crippen LogP contribution in [-0.2, 0) is 53.2 Å². The number of rotatable bonds is 34. The van der Waals surface area contributed by atoms with Crippen LogP contribution in [0, 0.1) is 23.7 Å². The van der Waals surface area contributed by atoms with E-state index >= 15 is 0 Å². The molecule has 24 nitrogen and oxygen atoms in total. The number of hydrogen-bond donors (Lipinski definition) is 6. The number of methoxy groups -OCH3 is 2. The van der Waals surface area contributed by atoms with Gasteiger partial charge in [-0.1, -0.05) is 104 Å². The molecule has 0 spiro atoms. The summed E-state index contributed by atoms with van der Waals surface area (Å²) in [5.41, 5.74) is 1.70. The van der Waals surface area contributed by atoms with Crippen LogP contribution in [0.25, 0.3) is 0 Å². The summed E-state index contributed by atoms with van der Waals surface area (Å²) in [4.78, 5) is 131. The predicted octanol–water partition coefficient (Wildman–Crippen LogP) is 6.18. The first-order valence-electron chi connectivity index (χ1n) is 31.5. The maximum Gasteiger partial charge on any atom is 0.295 e. The Bertz CT molecular complexity index is 3220. The van der Waals surface area contributed by atoms with Gasteiger partial charge >= 0.3 is 0 Å². The van der Waals surface area contributed by atoms with Crippen LogP contribution in [0.5, 0.6) is 0 Å². The van der Waals surface area contributed by atoms with Crippen LogP contribution in [0.15, 0.2) is 94.8 Å². The Labute approximate surface area is 542 Å². The summed E-state index contributed by atoms with van der Waals surface area (Å²) in [6.07, 6.45) is 4.33. The average Bonchev–Trinajstić information content (AvgIpc) is 1.02. The number of hydrogen-bond acceptors (Lipinski definition) is 15. The van der Waals surface area contributed by atoms with Gasteiger partial charge < -0.3 is 45.9 Å². The van der Waals surface area contributed by atoms with Gasteiger partial charge in [0, 0.05) is 69.9 Å². The van der Waals surface area contributed by atoms with Gasteiger partial charge in [-0.3, -0.25) is 62.5 Å². The Kier molecular flexibility index (Phi) is 28.4. The number of nitrogens with one attached hydrogen (secondary N) is 5. The van der Waals surface area contributed by atoms with Gasteiger partial charge in [0.1, 0.15) is 17.6 Å². The molecule has 1 fully saturated rings. The largest absolute Gasteiger partial charge is 0.379 e. The maximum atomic E-state index is 14.6. The number of ether oxygens (including phenoxy) is 2. The molecule has 2 aliphatic rings. The number of carbonyl (C=O) groups is 9. The second-order valence-corrected chi connectivity index (χ2v) is 26.2. The number of likely N-dealkylation sites (N-methyl/N-ethyl adjacent to an activating group) is 2. The molecule has 0 aromatic heterocycles. The van der Waals surface area contributed by atoms with Gasteiger partial charge in [-0.15, -0.1) is 0 Å². The molecule has 10 atom stereocenters. The Morgan fingerprint density at radius 3 is 1.99 bits per heavy atom. The molecule has 2 heterocycles. The molecule has 504 valence electrons. The minimum Gasteiger partial charge on any atom is -0.379 e. The Hall–Kier alpha value is -7.71. The van der Waals surface area contributed by atoms with Gasteiger partial charge in [0.2, 0.25) is 29.5 Å². The van der Waals surface area contributed by atoms with Gasteiger partial charge in [-0.25, -0.2) is 0 Å². The highest BCUT2D eigenvalue weighted by molar-refractivity contribution is 7.86. The predicted molar refractivity (Wildman–Crippen MR) is 350 cm³/mol. The van der Waals surface area contributed by atoms with Gasteiger partial charge in [-0.05, 0) is 113 Å². The molecule has 25 heteroatoms. The summed E-state index contributed by atoms with van der Waals surface area (Å²) in [5, 5.41) is 14.3. The van der Waals surface area contributed by atoms with Crippen molar-refractivity contribution in [3.8, 4) is 0 Å². The summed E-state index contributed by atoms with van der Waals surface area (Å²) < 4.78 is 47.1. The first-order chi connectivity index (χ1) is 43.4. The van der Waals surface area contributed by atoms with E-state index in [-0.39, 0.29) is 84.9 Å². The molecule has 6 N–H and O–H groups in total. The number of carbonyl (C=O) groups excluding carboxylic acids is 9. The molecule has 0 saturated carbocycles. The number of nitrogens with zero attached hydrogens (tertiary/aromatic N) is 5. The van der Waals surface area contributed by atoms with Crippen molar-refractivity contribution in [2.45, 2.75) is 167 Å². The zero-order valence-corrected chi connectivity index (χ0v) is 56.5. The van der Waals surface area contributed by atoms with Crippen LogP contribution in [0.2, 0.25) is 0 Å². The van der Waals surface area contributed by atoms with E-state index in [0.717, 1.165) is 22.6 Å². The third-order valence-corrected chi connectivity index (χ3v) is 18.2. The van der Waals surface area contributed by atoms with Crippen LogP contribution in [0.1, 0.15) is 152 Å². The van der Waals surface area contributed by atoms with Crippen molar-refractivity contribution in [2.24, 2.45) is 28.7 Å². The van der Waals surface area contributed by atoms with Gasteiger partial charge in [0.15, 0.2) is 0 Å². The molecule has 1 saturated heterocycles. The summed E-state index contributed by atoms with van der Waals surface area (Å²) in [6, 6.07) is 15.5. The normalized spacial score (nSPS) is 17.4. The molecule has 92 heavy (non-hydrogen) atoms. The van der Waals surface area contributed by atoms with E-state index in [0.29, 0.717) is 61.9 Å². The van der Waals surface area contributed by atoms with Crippen molar-refractivity contribution in [1.29, 1.82) is 0 Å². The summed E-state index contributed by atoms with van der Waals surface area (Å²) in [6.45, 7) is 17.3. The highest BCUT2D eigenvalue weighted by Gasteiger charge is 2.44. The van der Waals surface area contributed by atoms with E-state index in [1.54, 1.807) is 61.9 Å². The minimum absolute atomic E-state index is 0.00175. The zero-order chi connectivity index (χ0) is 68.3. The number of amides is 9. The average molecular weight is 1300 g/mol. The van der Waals surface area contributed by atoms with E-state index in [4.69, 9.17) is 9.47 Å². The maximum absolute atomic E-state index is 14.6. The molecule has 0 aliphatic carbocycles. The molecule has 0 radical (unpaired) electrons. The second-order valence-electron chi connectivity index (χ2n) is 24.8. The fourth-order valence-electron chi connectivity index (χ4n) is 12.1. The topological polar surface area (TPSA) is 312 Å². The van der Waals surface area contributed by atoms with Crippen molar-refractivity contribution in [3.05, 3.63) is 107 Å². The molecule has 3 aromatic rings. The van der Waals surface area contributed by atoms with Crippen molar-refractivity contribution in [2.75, 3.05) is 60.4 Å². The fourth-order valence-corrected chi connectivity index (χ4v) is 12.8. The summed E-state index contributed by atoms with van der Waals surface area (Å²) in [5.74, 6) is -4.71. The second kappa shape index (κ2) is 34.8. The smallest absolute Gasteiger partial charge is 0.295 e. The molecule has 2 aliphatic heterocycles. The van der Waals surface area contributed by atoms with Crippen LogP contribution >= 0.6 is 0 Å². The standard InChI is InChI=1S/C67H96N10O14S/c1-15-42(6)61(75(12)67(86)58(40(2)3)72-66(85)60(41(4)5)74(10)11)52(90-13)38-57(81)76-36-22-25-51(76)62(91-14)43(7)63(82)70-45(9)59(47-23-18-16-19-24-47)73-64(83)48-29-27-46(28-30-48)44(8)68-39-69-65(84)50-32-31-49(37-53(50)92(87,88)89)71-54(78)26-20-17-21-35-77-55(79)33-34-56(77)80/h16,18-19,23-24,27-34,37,40-43,45,51-52,58-62H,15,17,20-22,25-26,35-36,38-39H2,1-14H3,(H,69,84)(H,70,82)(H,71,78)(H,72,85)(H,73,83)(H,87,88,89)/t42-,43+,45+,51-,52+,58-,59+,60?,61-,62+/m0/s1. The van der Waals surface area contributed by atoms with Crippen molar-refractivity contribution >= 4 is 74.7 Å². The molecule has 3 aromatic carbocycles. The number of benzene rings is 3. The molecule has 0 bridgehead atoms. The zero-order valence-electron chi connectivity index (χ0n) is 55.7. The first-order valence-corrected chi connectivity index (χ1v) is 33.0. The number of aliphatic imine (C=N–C) groups is 1. The van der Waals surface area contributed by atoms with Crippen LogP contribution in [0.3, 0.4) is 0 Å². The SMILES string of the molecule is CC[C@H](C)[C@@H]([C@@H](CC(=O)N1CCC[C@H]1[C@H](OC)[C@@H](C)C(=O)N[C@H](C)[C@@H](NC(=O)c1ccc(C(C)=NCNC(=O)c2ccc(NC(=O)CCCCCN3C(=O)C=CC3=O)cc2S(=O)(=O)O)cc1)c1ccccc1)OC)N(C)C(=O)[C@@H](NC(=O)C(C(C)C)N(C)C)C(C)C. The third kappa shape index (κ3) is 20.1. The van der Waals surface area contributed by atoms with E-state index < -0.39 is 92.7 Å². The molecule has 5 rings (SSSR count). The molecule has 1 unspecified atom stereocenters. The van der Waals surface area contributed by atoms with E-state index in [2.05, 4.69) is 31.6 Å². The van der Waals surface area contributed by atoms with Crippen molar-refractivity contribution < 1.29 is 65.6 Å². The Balaban J connectivity index is 1.20. The summed E-state index contributed by atoms with van der Waals surface area (Å²) >= 11 is 0. The van der Waals surface area contributed by atoms with E-state index in [9.17, 15) is 56.1 Å². The van der Waals surface area contributed by atoms with Gasteiger partial charge in [-0.2, -0.15) is 8.42 Å². The lowest BCUT2D eigenvalue weighted by molar-refractivity contribution is -0.148. The van der Waals surface area contributed by atoms with Gasteiger partial charge in [0.05, 0.1) is 60.3 Å². The van der Waals surface area contributed by atoms with Crippen molar-refractivity contribution in [1.82, 2.24) is 40.9 Å². The van der Waals surface area contributed by atoms with Crippen LogP contribution in [0.4, 0.5) is 5.69 Å². The highest BCUT2D eigenvalue weighted by Crippen LogP contribution is 2.31. The Morgan fingerprint density at radius 1 is 0.772 bits per heavy atom. The first kappa shape index (κ1) is 75.0. The number of imide groups is 1. The highest BCUT2D eigenvalue weighted by atomic mass is 32.2. The third-order valence-electron chi connectivity index (χ3n) is 17.4. The lowest BCUT2D eigenvalue weighted by Crippen LogP contribution is -2.59. The molecule has 9 amide bonds. The van der Waals surface area contributed by atoms with E-state index in [1.165, 1.54) is 32.4 Å². The number of likely N-dealkylation sites (tertiary alicyclic amines) is 1.